The SMILES string of the molecule is COc1cccc(CC(=O)NCc2ccc(CN3CCCCC3)cc2)c1. The number of carbonyl (C=O) groups is 1. The van der Waals surface area contributed by atoms with Crippen LogP contribution in [-0.4, -0.2) is 31.0 Å². The van der Waals surface area contributed by atoms with E-state index >= 15 is 0 Å². The van der Waals surface area contributed by atoms with E-state index in [0.717, 1.165) is 23.4 Å². The number of methoxy groups -OCH3 is 1. The van der Waals surface area contributed by atoms with Gasteiger partial charge in [0.25, 0.3) is 0 Å². The summed E-state index contributed by atoms with van der Waals surface area (Å²) in [5.74, 6) is 0.801. The number of piperidine rings is 1. The van der Waals surface area contributed by atoms with Crippen LogP contribution in [0.1, 0.15) is 36.0 Å². The second-order valence-corrected chi connectivity index (χ2v) is 6.96. The monoisotopic (exact) mass is 352 g/mol. The minimum absolute atomic E-state index is 0.0237. The highest BCUT2D eigenvalue weighted by atomic mass is 16.5. The molecule has 138 valence electrons. The number of carbonyl (C=O) groups excluding carboxylic acids is 1. The zero-order valence-corrected chi connectivity index (χ0v) is 15.5. The van der Waals surface area contributed by atoms with Crippen molar-refractivity contribution in [3.8, 4) is 5.75 Å². The molecule has 1 fully saturated rings. The highest BCUT2D eigenvalue weighted by molar-refractivity contribution is 5.78. The summed E-state index contributed by atoms with van der Waals surface area (Å²) < 4.78 is 5.20. The van der Waals surface area contributed by atoms with Gasteiger partial charge in [-0.05, 0) is 54.8 Å². The second kappa shape index (κ2) is 9.39. The predicted molar refractivity (Wildman–Crippen MR) is 104 cm³/mol. The molecule has 0 atom stereocenters. The molecule has 2 aromatic carbocycles. The lowest BCUT2D eigenvalue weighted by molar-refractivity contribution is -0.120. The number of nitrogens with zero attached hydrogens (tertiary/aromatic N) is 1. The van der Waals surface area contributed by atoms with Crippen LogP contribution < -0.4 is 10.1 Å². The Hall–Kier alpha value is -2.33. The van der Waals surface area contributed by atoms with Crippen molar-refractivity contribution in [1.29, 1.82) is 0 Å². The Labute approximate surface area is 156 Å². The van der Waals surface area contributed by atoms with Crippen molar-refractivity contribution in [2.24, 2.45) is 0 Å². The van der Waals surface area contributed by atoms with Crippen LogP contribution in [0.3, 0.4) is 0 Å². The van der Waals surface area contributed by atoms with Gasteiger partial charge in [0.15, 0.2) is 0 Å². The molecule has 4 heteroatoms. The number of amides is 1. The fourth-order valence-corrected chi connectivity index (χ4v) is 3.37. The quantitative estimate of drug-likeness (QED) is 0.829. The maximum atomic E-state index is 12.2. The van der Waals surface area contributed by atoms with Crippen LogP contribution in [0.5, 0.6) is 5.75 Å². The van der Waals surface area contributed by atoms with E-state index in [1.165, 1.54) is 37.9 Å². The van der Waals surface area contributed by atoms with Crippen molar-refractivity contribution in [3.05, 3.63) is 65.2 Å². The first-order valence-corrected chi connectivity index (χ1v) is 9.43. The smallest absolute Gasteiger partial charge is 0.224 e. The van der Waals surface area contributed by atoms with E-state index in [2.05, 4.69) is 34.5 Å². The number of likely N-dealkylation sites (tertiary alicyclic amines) is 1. The van der Waals surface area contributed by atoms with Gasteiger partial charge in [-0.1, -0.05) is 42.8 Å². The molecule has 0 unspecified atom stereocenters. The summed E-state index contributed by atoms with van der Waals surface area (Å²) in [6, 6.07) is 16.2. The summed E-state index contributed by atoms with van der Waals surface area (Å²) in [6.07, 6.45) is 4.37. The lowest BCUT2D eigenvalue weighted by atomic mass is 10.1. The maximum absolute atomic E-state index is 12.2. The zero-order valence-electron chi connectivity index (χ0n) is 15.5. The first-order valence-electron chi connectivity index (χ1n) is 9.43. The molecular formula is C22H28N2O2. The van der Waals surface area contributed by atoms with E-state index < -0.39 is 0 Å². The van der Waals surface area contributed by atoms with Gasteiger partial charge in [0.2, 0.25) is 5.91 Å². The predicted octanol–water partition coefficient (Wildman–Crippen LogP) is 3.54. The zero-order chi connectivity index (χ0) is 18.2. The second-order valence-electron chi connectivity index (χ2n) is 6.96. The molecule has 1 saturated heterocycles. The lowest BCUT2D eigenvalue weighted by Gasteiger charge is -2.26. The number of benzene rings is 2. The molecule has 1 heterocycles. The van der Waals surface area contributed by atoms with Crippen LogP contribution in [0, 0.1) is 0 Å². The largest absolute Gasteiger partial charge is 0.497 e. The standard InChI is InChI=1S/C22H28N2O2/c1-26-21-7-5-6-20(14-21)15-22(25)23-16-18-8-10-19(11-9-18)17-24-12-3-2-4-13-24/h5-11,14H,2-4,12-13,15-17H2,1H3,(H,23,25). The van der Waals surface area contributed by atoms with Gasteiger partial charge in [0.1, 0.15) is 5.75 Å². The van der Waals surface area contributed by atoms with Crippen molar-refractivity contribution in [1.82, 2.24) is 10.2 Å². The molecule has 0 bridgehead atoms. The maximum Gasteiger partial charge on any atom is 0.224 e. The van der Waals surface area contributed by atoms with E-state index in [1.807, 2.05) is 24.3 Å². The minimum Gasteiger partial charge on any atom is -0.497 e. The molecule has 1 amide bonds. The van der Waals surface area contributed by atoms with Crippen molar-refractivity contribution < 1.29 is 9.53 Å². The van der Waals surface area contributed by atoms with Gasteiger partial charge >= 0.3 is 0 Å². The minimum atomic E-state index is 0.0237. The van der Waals surface area contributed by atoms with Crippen molar-refractivity contribution >= 4 is 5.91 Å². The first-order chi connectivity index (χ1) is 12.7. The summed E-state index contributed by atoms with van der Waals surface area (Å²) >= 11 is 0. The highest BCUT2D eigenvalue weighted by Crippen LogP contribution is 2.14. The average Bonchev–Trinajstić information content (AvgIpc) is 2.68. The van der Waals surface area contributed by atoms with Gasteiger partial charge in [-0.15, -0.1) is 0 Å². The Kier molecular flexibility index (Phi) is 6.67. The molecule has 0 saturated carbocycles. The summed E-state index contributed by atoms with van der Waals surface area (Å²) in [5.41, 5.74) is 3.43. The van der Waals surface area contributed by atoms with Crippen LogP contribution in [0.25, 0.3) is 0 Å². The first kappa shape index (κ1) is 18.5. The van der Waals surface area contributed by atoms with E-state index in [4.69, 9.17) is 4.74 Å². The van der Waals surface area contributed by atoms with Gasteiger partial charge in [0, 0.05) is 13.1 Å². The molecule has 2 aromatic rings. The summed E-state index contributed by atoms with van der Waals surface area (Å²) in [7, 11) is 1.63. The van der Waals surface area contributed by atoms with Gasteiger partial charge < -0.3 is 10.1 Å². The fraction of sp³-hybridized carbons (Fsp3) is 0.409. The third-order valence-electron chi connectivity index (χ3n) is 4.87. The lowest BCUT2D eigenvalue weighted by Crippen LogP contribution is -2.29. The molecule has 4 nitrogen and oxygen atoms in total. The number of ether oxygens (including phenoxy) is 1. The molecular weight excluding hydrogens is 324 g/mol. The van der Waals surface area contributed by atoms with Crippen LogP contribution in [-0.2, 0) is 24.3 Å². The van der Waals surface area contributed by atoms with E-state index in [9.17, 15) is 4.79 Å². The number of hydrogen-bond acceptors (Lipinski definition) is 3. The molecule has 1 N–H and O–H groups in total. The Morgan fingerprint density at radius 2 is 1.73 bits per heavy atom. The number of nitrogens with one attached hydrogen (secondary N) is 1. The van der Waals surface area contributed by atoms with E-state index in [0.29, 0.717) is 13.0 Å². The third-order valence-corrected chi connectivity index (χ3v) is 4.87. The average molecular weight is 352 g/mol. The molecule has 0 aromatic heterocycles. The molecule has 1 aliphatic heterocycles. The van der Waals surface area contributed by atoms with Crippen LogP contribution in [0.15, 0.2) is 48.5 Å². The molecule has 0 radical (unpaired) electrons. The third kappa shape index (κ3) is 5.60. The Bertz CT molecular complexity index is 706. The van der Waals surface area contributed by atoms with Crippen molar-refractivity contribution in [2.45, 2.75) is 38.8 Å². The molecule has 0 spiro atoms. The number of rotatable bonds is 7. The summed E-state index contributed by atoms with van der Waals surface area (Å²) in [6.45, 7) is 4.01. The molecule has 26 heavy (non-hydrogen) atoms. The van der Waals surface area contributed by atoms with Gasteiger partial charge in [-0.2, -0.15) is 0 Å². The van der Waals surface area contributed by atoms with Crippen LogP contribution in [0.4, 0.5) is 0 Å². The highest BCUT2D eigenvalue weighted by Gasteiger charge is 2.10. The normalized spacial score (nSPS) is 14.8. The van der Waals surface area contributed by atoms with Crippen molar-refractivity contribution in [2.75, 3.05) is 20.2 Å². The van der Waals surface area contributed by atoms with Gasteiger partial charge in [-0.25, -0.2) is 0 Å². The van der Waals surface area contributed by atoms with Crippen molar-refractivity contribution in [3.63, 3.8) is 0 Å². The fourth-order valence-electron chi connectivity index (χ4n) is 3.37. The summed E-state index contributed by atoms with van der Waals surface area (Å²) in [5, 5.41) is 3.00. The van der Waals surface area contributed by atoms with Gasteiger partial charge in [0.05, 0.1) is 13.5 Å². The van der Waals surface area contributed by atoms with Gasteiger partial charge in [-0.3, -0.25) is 9.69 Å². The molecule has 3 rings (SSSR count). The number of hydrogen-bond donors (Lipinski definition) is 1. The summed E-state index contributed by atoms with van der Waals surface area (Å²) in [4.78, 5) is 14.7. The Balaban J connectivity index is 1.45. The Morgan fingerprint density at radius 3 is 2.46 bits per heavy atom. The topological polar surface area (TPSA) is 41.6 Å². The molecule has 0 aliphatic carbocycles. The Morgan fingerprint density at radius 1 is 1.00 bits per heavy atom. The van der Waals surface area contributed by atoms with E-state index in [1.54, 1.807) is 7.11 Å². The van der Waals surface area contributed by atoms with E-state index in [-0.39, 0.29) is 5.91 Å². The molecule has 1 aliphatic rings. The van der Waals surface area contributed by atoms with Crippen LogP contribution >= 0.6 is 0 Å². The van der Waals surface area contributed by atoms with Crippen LogP contribution in [0.2, 0.25) is 0 Å².